The maximum atomic E-state index is 6.12. The third-order valence-electron chi connectivity index (χ3n) is 5.30. The minimum atomic E-state index is -0.180. The van der Waals surface area contributed by atoms with Crippen LogP contribution >= 0.6 is 0 Å². The van der Waals surface area contributed by atoms with Crippen molar-refractivity contribution in [2.45, 2.75) is 57.6 Å². The molecule has 5 heteroatoms. The molecule has 26 heavy (non-hydrogen) atoms. The smallest absolute Gasteiger partial charge is 0.191 e. The van der Waals surface area contributed by atoms with Crippen LogP contribution in [0.15, 0.2) is 29.3 Å². The fraction of sp³-hybridized carbons (Fsp3) is 0.667. The Hall–Kier alpha value is -1.75. The largest absolute Gasteiger partial charge is 0.487 e. The van der Waals surface area contributed by atoms with Crippen LogP contribution in [0.4, 0.5) is 0 Å². The highest BCUT2D eigenvalue weighted by molar-refractivity contribution is 5.80. The van der Waals surface area contributed by atoms with E-state index < -0.39 is 0 Å². The molecule has 3 rings (SSSR count). The lowest BCUT2D eigenvalue weighted by molar-refractivity contribution is 0.0694. The molecule has 0 radical (unpaired) electrons. The quantitative estimate of drug-likeness (QED) is 0.465. The van der Waals surface area contributed by atoms with Gasteiger partial charge < -0.3 is 20.3 Å². The van der Waals surface area contributed by atoms with Gasteiger partial charge in [0.05, 0.1) is 6.04 Å². The molecule has 0 aromatic heterocycles. The Balaban J connectivity index is 1.48. The van der Waals surface area contributed by atoms with Crippen molar-refractivity contribution in [2.75, 3.05) is 33.2 Å². The summed E-state index contributed by atoms with van der Waals surface area (Å²) >= 11 is 0. The number of aliphatic imine (C=N–C) groups is 1. The molecule has 0 bridgehead atoms. The molecule has 144 valence electrons. The second kappa shape index (κ2) is 8.76. The van der Waals surface area contributed by atoms with Crippen LogP contribution in [-0.2, 0) is 0 Å². The van der Waals surface area contributed by atoms with Crippen molar-refractivity contribution in [1.82, 2.24) is 15.5 Å². The predicted molar refractivity (Wildman–Crippen MR) is 108 cm³/mol. The van der Waals surface area contributed by atoms with Crippen LogP contribution in [0.5, 0.6) is 5.75 Å². The fourth-order valence-corrected chi connectivity index (χ4v) is 3.96. The van der Waals surface area contributed by atoms with Crippen LogP contribution in [-0.4, -0.2) is 49.7 Å². The fourth-order valence-electron chi connectivity index (χ4n) is 3.96. The first-order chi connectivity index (χ1) is 12.6. The molecule has 0 amide bonds. The van der Waals surface area contributed by atoms with Gasteiger partial charge in [-0.3, -0.25) is 4.99 Å². The number of guanidine groups is 1. The molecule has 1 aromatic carbocycles. The van der Waals surface area contributed by atoms with Crippen molar-refractivity contribution in [3.05, 3.63) is 29.8 Å². The van der Waals surface area contributed by atoms with Crippen LogP contribution in [0.25, 0.3) is 0 Å². The SMILES string of the molecule is CN=C(NCCCCN1CCCC1)NC1CC(C)(C)Oc2ccccc21. The summed E-state index contributed by atoms with van der Waals surface area (Å²) in [4.78, 5) is 7.00. The van der Waals surface area contributed by atoms with Crippen molar-refractivity contribution in [1.29, 1.82) is 0 Å². The lowest BCUT2D eigenvalue weighted by atomic mass is 9.90. The monoisotopic (exact) mass is 358 g/mol. The first kappa shape index (κ1) is 19.0. The van der Waals surface area contributed by atoms with E-state index in [1.54, 1.807) is 0 Å². The molecule has 1 fully saturated rings. The minimum Gasteiger partial charge on any atom is -0.487 e. The first-order valence-electron chi connectivity index (χ1n) is 10.0. The van der Waals surface area contributed by atoms with Gasteiger partial charge in [0.2, 0.25) is 0 Å². The Bertz CT molecular complexity index is 608. The highest BCUT2D eigenvalue weighted by atomic mass is 16.5. The minimum absolute atomic E-state index is 0.180. The zero-order chi connectivity index (χ0) is 18.4. The third kappa shape index (κ3) is 5.13. The molecule has 1 atom stereocenters. The number of hydrogen-bond acceptors (Lipinski definition) is 3. The lowest BCUT2D eigenvalue weighted by Crippen LogP contribution is -2.45. The third-order valence-corrected chi connectivity index (χ3v) is 5.30. The number of nitrogens with one attached hydrogen (secondary N) is 2. The van der Waals surface area contributed by atoms with Gasteiger partial charge in [0.1, 0.15) is 11.4 Å². The maximum Gasteiger partial charge on any atom is 0.191 e. The number of unbranched alkanes of at least 4 members (excludes halogenated alkanes) is 1. The highest BCUT2D eigenvalue weighted by Gasteiger charge is 2.33. The Morgan fingerprint density at radius 3 is 2.77 bits per heavy atom. The van der Waals surface area contributed by atoms with Gasteiger partial charge in [-0.15, -0.1) is 0 Å². The van der Waals surface area contributed by atoms with Crippen molar-refractivity contribution >= 4 is 5.96 Å². The number of para-hydroxylation sites is 1. The van der Waals surface area contributed by atoms with Crippen LogP contribution in [0, 0.1) is 0 Å². The molecule has 2 heterocycles. The summed E-state index contributed by atoms with van der Waals surface area (Å²) in [5.41, 5.74) is 1.03. The average Bonchev–Trinajstić information content (AvgIpc) is 3.12. The maximum absolute atomic E-state index is 6.12. The number of hydrogen-bond donors (Lipinski definition) is 2. The second-order valence-electron chi connectivity index (χ2n) is 8.06. The highest BCUT2D eigenvalue weighted by Crippen LogP contribution is 2.39. The molecule has 2 aliphatic rings. The molecule has 0 spiro atoms. The molecule has 2 aliphatic heterocycles. The number of nitrogens with zero attached hydrogens (tertiary/aromatic N) is 2. The van der Waals surface area contributed by atoms with E-state index in [-0.39, 0.29) is 11.6 Å². The summed E-state index contributed by atoms with van der Waals surface area (Å²) in [6.45, 7) is 9.06. The van der Waals surface area contributed by atoms with E-state index in [0.29, 0.717) is 0 Å². The molecule has 1 unspecified atom stereocenters. The van der Waals surface area contributed by atoms with Gasteiger partial charge in [-0.05, 0) is 65.2 Å². The summed E-state index contributed by atoms with van der Waals surface area (Å²) in [6, 6.07) is 8.52. The summed E-state index contributed by atoms with van der Waals surface area (Å²) < 4.78 is 6.12. The normalized spacial score (nSPS) is 22.6. The average molecular weight is 359 g/mol. The van der Waals surface area contributed by atoms with Crippen LogP contribution < -0.4 is 15.4 Å². The first-order valence-corrected chi connectivity index (χ1v) is 10.0. The topological polar surface area (TPSA) is 48.9 Å². The summed E-state index contributed by atoms with van der Waals surface area (Å²) in [5, 5.41) is 7.08. The second-order valence-corrected chi connectivity index (χ2v) is 8.06. The van der Waals surface area contributed by atoms with Gasteiger partial charge in [0.15, 0.2) is 5.96 Å². The Morgan fingerprint density at radius 1 is 1.23 bits per heavy atom. The van der Waals surface area contributed by atoms with Gasteiger partial charge >= 0.3 is 0 Å². The van der Waals surface area contributed by atoms with E-state index in [1.807, 2.05) is 13.1 Å². The Kier molecular flexibility index (Phi) is 6.41. The number of benzene rings is 1. The summed E-state index contributed by atoms with van der Waals surface area (Å²) in [7, 11) is 1.84. The Labute approximate surface area is 158 Å². The standard InChI is InChI=1S/C21H34N4O/c1-21(2)16-18(17-10-4-5-11-19(17)26-21)24-20(22-3)23-12-6-7-13-25-14-8-9-15-25/h4-5,10-11,18H,6-9,12-16H2,1-3H3,(H2,22,23,24). The van der Waals surface area contributed by atoms with Crippen LogP contribution in [0.3, 0.4) is 0 Å². The predicted octanol–water partition coefficient (Wildman–Crippen LogP) is 3.33. The molecule has 0 aliphatic carbocycles. The van der Waals surface area contributed by atoms with E-state index in [1.165, 1.54) is 50.9 Å². The summed E-state index contributed by atoms with van der Waals surface area (Å²) in [6.07, 6.45) is 6.08. The van der Waals surface area contributed by atoms with Crippen molar-refractivity contribution in [2.24, 2.45) is 4.99 Å². The number of rotatable bonds is 6. The van der Waals surface area contributed by atoms with Crippen LogP contribution in [0.1, 0.15) is 57.6 Å². The number of ether oxygens (including phenoxy) is 1. The van der Waals surface area contributed by atoms with Gasteiger partial charge in [0.25, 0.3) is 0 Å². The molecule has 0 saturated carbocycles. The van der Waals surface area contributed by atoms with Crippen molar-refractivity contribution in [3.63, 3.8) is 0 Å². The van der Waals surface area contributed by atoms with E-state index >= 15 is 0 Å². The van der Waals surface area contributed by atoms with E-state index in [0.717, 1.165) is 24.7 Å². The zero-order valence-corrected chi connectivity index (χ0v) is 16.6. The lowest BCUT2D eigenvalue weighted by Gasteiger charge is -2.38. The molecule has 2 N–H and O–H groups in total. The van der Waals surface area contributed by atoms with E-state index in [4.69, 9.17) is 4.74 Å². The van der Waals surface area contributed by atoms with Gasteiger partial charge in [0, 0.05) is 25.6 Å². The zero-order valence-electron chi connectivity index (χ0n) is 16.6. The van der Waals surface area contributed by atoms with E-state index in [2.05, 4.69) is 52.6 Å². The van der Waals surface area contributed by atoms with Gasteiger partial charge in [-0.25, -0.2) is 0 Å². The van der Waals surface area contributed by atoms with Crippen molar-refractivity contribution in [3.8, 4) is 5.75 Å². The van der Waals surface area contributed by atoms with Gasteiger partial charge in [-0.2, -0.15) is 0 Å². The van der Waals surface area contributed by atoms with Crippen molar-refractivity contribution < 1.29 is 4.74 Å². The van der Waals surface area contributed by atoms with Gasteiger partial charge in [-0.1, -0.05) is 18.2 Å². The Morgan fingerprint density at radius 2 is 2.00 bits per heavy atom. The summed E-state index contributed by atoms with van der Waals surface area (Å²) in [5.74, 6) is 1.85. The molecular weight excluding hydrogens is 324 g/mol. The van der Waals surface area contributed by atoms with Crippen LogP contribution in [0.2, 0.25) is 0 Å². The molecular formula is C21H34N4O. The molecule has 5 nitrogen and oxygen atoms in total. The number of likely N-dealkylation sites (tertiary alicyclic amines) is 1. The molecule has 1 saturated heterocycles. The van der Waals surface area contributed by atoms with E-state index in [9.17, 15) is 0 Å². The number of fused-ring (bicyclic) bond motifs is 1. The molecule has 1 aromatic rings.